The molecule has 0 spiro atoms. The van der Waals surface area contributed by atoms with E-state index in [2.05, 4.69) is 26.1 Å². The Morgan fingerprint density at radius 2 is 1.53 bits per heavy atom. The van der Waals surface area contributed by atoms with Crippen molar-refractivity contribution >= 4 is 11.8 Å². The van der Waals surface area contributed by atoms with E-state index in [4.69, 9.17) is 4.74 Å². The highest BCUT2D eigenvalue weighted by atomic mass is 16.5. The van der Waals surface area contributed by atoms with Crippen LogP contribution in [0.5, 0.6) is 5.75 Å². The number of hydrogen-bond donors (Lipinski definition) is 1. The molecular weight excluding hydrogens is 472 g/mol. The molecule has 0 aliphatic carbocycles. The third kappa shape index (κ3) is 8.47. The second-order valence-electron chi connectivity index (χ2n) is 11.1. The molecule has 0 aliphatic heterocycles. The molecule has 3 rings (SSSR count). The first-order valence-electron chi connectivity index (χ1n) is 13.5. The van der Waals surface area contributed by atoms with Gasteiger partial charge in [-0.15, -0.1) is 0 Å². The molecule has 2 atom stereocenters. The van der Waals surface area contributed by atoms with E-state index < -0.39 is 6.04 Å². The fourth-order valence-electron chi connectivity index (χ4n) is 4.16. The van der Waals surface area contributed by atoms with Crippen LogP contribution < -0.4 is 10.1 Å². The number of aryl methyl sites for hydroxylation is 1. The predicted octanol–water partition coefficient (Wildman–Crippen LogP) is 6.23. The summed E-state index contributed by atoms with van der Waals surface area (Å²) in [4.78, 5) is 29.0. The predicted molar refractivity (Wildman–Crippen MR) is 154 cm³/mol. The van der Waals surface area contributed by atoms with Gasteiger partial charge in [0.1, 0.15) is 11.8 Å². The SMILES string of the molecule is CC[C@@H](C)NC(=O)[C@H](Cc1ccccc1)N(Cc1ccc(C)cc1)C(=O)COc1ccc(C(C)(C)C)cc1. The molecule has 3 aromatic rings. The third-order valence-corrected chi connectivity index (χ3v) is 6.83. The van der Waals surface area contributed by atoms with E-state index in [0.29, 0.717) is 18.7 Å². The molecule has 5 nitrogen and oxygen atoms in total. The fourth-order valence-corrected chi connectivity index (χ4v) is 4.16. The van der Waals surface area contributed by atoms with Crippen molar-refractivity contribution < 1.29 is 14.3 Å². The van der Waals surface area contributed by atoms with Crippen molar-refractivity contribution in [2.45, 2.75) is 78.4 Å². The average Bonchev–Trinajstić information content (AvgIpc) is 2.90. The topological polar surface area (TPSA) is 58.6 Å². The van der Waals surface area contributed by atoms with Crippen molar-refractivity contribution in [2.24, 2.45) is 0 Å². The first-order valence-corrected chi connectivity index (χ1v) is 13.5. The zero-order valence-electron chi connectivity index (χ0n) is 23.7. The van der Waals surface area contributed by atoms with Gasteiger partial charge in [0.05, 0.1) is 0 Å². The molecule has 0 aromatic heterocycles. The fraction of sp³-hybridized carbons (Fsp3) is 0.394. The maximum Gasteiger partial charge on any atom is 0.261 e. The molecule has 5 heteroatoms. The smallest absolute Gasteiger partial charge is 0.261 e. The van der Waals surface area contributed by atoms with Gasteiger partial charge in [0.15, 0.2) is 6.61 Å². The van der Waals surface area contributed by atoms with Gasteiger partial charge in [0, 0.05) is 19.0 Å². The molecule has 0 heterocycles. The summed E-state index contributed by atoms with van der Waals surface area (Å²) in [5.74, 6) is 0.245. The number of carbonyl (C=O) groups is 2. The highest BCUT2D eigenvalue weighted by Crippen LogP contribution is 2.24. The Labute approximate surface area is 228 Å². The lowest BCUT2D eigenvalue weighted by molar-refractivity contribution is -0.143. The van der Waals surface area contributed by atoms with Gasteiger partial charge >= 0.3 is 0 Å². The second kappa shape index (κ2) is 13.3. The van der Waals surface area contributed by atoms with E-state index in [1.165, 1.54) is 5.56 Å². The molecule has 3 aromatic carbocycles. The second-order valence-corrected chi connectivity index (χ2v) is 11.1. The third-order valence-electron chi connectivity index (χ3n) is 6.83. The van der Waals surface area contributed by atoms with Crippen LogP contribution in [0.1, 0.15) is 63.3 Å². The van der Waals surface area contributed by atoms with Crippen molar-refractivity contribution in [1.29, 1.82) is 0 Å². The van der Waals surface area contributed by atoms with Crippen molar-refractivity contribution in [3.63, 3.8) is 0 Å². The molecule has 0 aliphatic rings. The molecule has 38 heavy (non-hydrogen) atoms. The van der Waals surface area contributed by atoms with Gasteiger partial charge in [-0.05, 0) is 54.5 Å². The van der Waals surface area contributed by atoms with Crippen molar-refractivity contribution in [1.82, 2.24) is 10.2 Å². The minimum Gasteiger partial charge on any atom is -0.484 e. The Morgan fingerprint density at radius 3 is 2.11 bits per heavy atom. The van der Waals surface area contributed by atoms with Crippen LogP contribution in [0.25, 0.3) is 0 Å². The molecular formula is C33H42N2O3. The van der Waals surface area contributed by atoms with Gasteiger partial charge in [-0.2, -0.15) is 0 Å². The number of rotatable bonds is 11. The maximum atomic E-state index is 13.7. The van der Waals surface area contributed by atoms with E-state index in [1.54, 1.807) is 4.90 Å². The van der Waals surface area contributed by atoms with Crippen LogP contribution >= 0.6 is 0 Å². The molecule has 0 fully saturated rings. The van der Waals surface area contributed by atoms with Crippen LogP contribution in [0.2, 0.25) is 0 Å². The largest absolute Gasteiger partial charge is 0.484 e. The summed E-state index contributed by atoms with van der Waals surface area (Å²) < 4.78 is 5.93. The molecule has 0 saturated heterocycles. The first-order chi connectivity index (χ1) is 18.1. The number of carbonyl (C=O) groups excluding carboxylic acids is 2. The minimum atomic E-state index is -0.674. The summed E-state index contributed by atoms with van der Waals surface area (Å²) in [7, 11) is 0. The summed E-state index contributed by atoms with van der Waals surface area (Å²) in [5, 5.41) is 3.10. The number of benzene rings is 3. The van der Waals surface area contributed by atoms with E-state index in [0.717, 1.165) is 23.1 Å². The Kier molecular flexibility index (Phi) is 10.1. The number of amides is 2. The van der Waals surface area contributed by atoms with Crippen molar-refractivity contribution in [3.8, 4) is 5.75 Å². The van der Waals surface area contributed by atoms with E-state index in [9.17, 15) is 9.59 Å². The monoisotopic (exact) mass is 514 g/mol. The Bertz CT molecular complexity index is 1170. The van der Waals surface area contributed by atoms with Crippen LogP contribution in [0.3, 0.4) is 0 Å². The van der Waals surface area contributed by atoms with Gasteiger partial charge in [0.2, 0.25) is 5.91 Å². The molecule has 1 N–H and O–H groups in total. The van der Waals surface area contributed by atoms with E-state index in [-0.39, 0.29) is 29.9 Å². The van der Waals surface area contributed by atoms with Crippen LogP contribution in [0.15, 0.2) is 78.9 Å². The van der Waals surface area contributed by atoms with E-state index in [1.807, 2.05) is 99.6 Å². The molecule has 202 valence electrons. The molecule has 0 saturated carbocycles. The number of nitrogens with one attached hydrogen (secondary N) is 1. The van der Waals surface area contributed by atoms with Crippen LogP contribution in [-0.4, -0.2) is 35.4 Å². The molecule has 0 unspecified atom stereocenters. The van der Waals surface area contributed by atoms with E-state index >= 15 is 0 Å². The summed E-state index contributed by atoms with van der Waals surface area (Å²) in [6.45, 7) is 12.7. The normalized spacial score (nSPS) is 12.9. The van der Waals surface area contributed by atoms with Crippen LogP contribution in [0.4, 0.5) is 0 Å². The standard InChI is InChI=1S/C33H42N2O3/c1-7-25(3)34-32(37)30(21-26-11-9-8-10-12-26)35(22-27-15-13-24(2)14-16-27)31(36)23-38-29-19-17-28(18-20-29)33(4,5)6/h8-20,25,30H,7,21-23H2,1-6H3,(H,34,37)/t25-,30+/m1/s1. The summed E-state index contributed by atoms with van der Waals surface area (Å²) >= 11 is 0. The highest BCUT2D eigenvalue weighted by Gasteiger charge is 2.31. The summed E-state index contributed by atoms with van der Waals surface area (Å²) in [5.41, 5.74) is 4.34. The van der Waals surface area contributed by atoms with Gasteiger partial charge in [0.25, 0.3) is 5.91 Å². The van der Waals surface area contributed by atoms with Gasteiger partial charge in [-0.25, -0.2) is 0 Å². The quantitative estimate of drug-likeness (QED) is 0.330. The number of nitrogens with zero attached hydrogens (tertiary/aromatic N) is 1. The highest BCUT2D eigenvalue weighted by molar-refractivity contribution is 5.88. The number of ether oxygens (including phenoxy) is 1. The molecule has 2 amide bonds. The average molecular weight is 515 g/mol. The summed E-state index contributed by atoms with van der Waals surface area (Å²) in [6, 6.07) is 25.1. The molecule has 0 radical (unpaired) electrons. The Hall–Kier alpha value is -3.60. The number of hydrogen-bond acceptors (Lipinski definition) is 3. The van der Waals surface area contributed by atoms with Crippen molar-refractivity contribution in [3.05, 3.63) is 101 Å². The zero-order valence-corrected chi connectivity index (χ0v) is 23.7. The van der Waals surface area contributed by atoms with Gasteiger partial charge in [-0.3, -0.25) is 9.59 Å². The Balaban J connectivity index is 1.88. The molecule has 0 bridgehead atoms. The van der Waals surface area contributed by atoms with Gasteiger partial charge in [-0.1, -0.05) is 100.0 Å². The van der Waals surface area contributed by atoms with Crippen LogP contribution in [-0.2, 0) is 28.0 Å². The lowest BCUT2D eigenvalue weighted by Gasteiger charge is -2.32. The summed E-state index contributed by atoms with van der Waals surface area (Å²) in [6.07, 6.45) is 1.23. The minimum absolute atomic E-state index is 0.00896. The Morgan fingerprint density at radius 1 is 0.895 bits per heavy atom. The van der Waals surface area contributed by atoms with Crippen molar-refractivity contribution in [2.75, 3.05) is 6.61 Å². The van der Waals surface area contributed by atoms with Crippen LogP contribution in [0, 0.1) is 6.92 Å². The first kappa shape index (κ1) is 29.0. The lowest BCUT2D eigenvalue weighted by atomic mass is 9.87. The maximum absolute atomic E-state index is 13.7. The zero-order chi connectivity index (χ0) is 27.7. The lowest BCUT2D eigenvalue weighted by Crippen LogP contribution is -2.53. The van der Waals surface area contributed by atoms with Gasteiger partial charge < -0.3 is 15.0 Å².